The first-order chi connectivity index (χ1) is 34.1. The third-order valence-corrected chi connectivity index (χ3v) is 13.5. The molecule has 70 heavy (non-hydrogen) atoms. The average molecular weight is 992 g/mol. The number of aliphatic carboxylic acids is 1. The van der Waals surface area contributed by atoms with Gasteiger partial charge in [0.15, 0.2) is 6.10 Å². The predicted octanol–water partition coefficient (Wildman–Crippen LogP) is 17.5. The molecule has 0 fully saturated rings. The number of rotatable bonds is 56. The monoisotopic (exact) mass is 991 g/mol. The highest BCUT2D eigenvalue weighted by molar-refractivity contribution is 5.71. The number of hydrogen-bond donors (Lipinski definition) is 1. The van der Waals surface area contributed by atoms with E-state index in [2.05, 4.69) is 38.2 Å². The third-order valence-electron chi connectivity index (χ3n) is 13.5. The summed E-state index contributed by atoms with van der Waals surface area (Å²) in [5.41, 5.74) is 0. The van der Waals surface area contributed by atoms with Gasteiger partial charge in [0.05, 0.1) is 34.4 Å². The molecule has 0 aromatic rings. The van der Waals surface area contributed by atoms with Crippen molar-refractivity contribution in [2.75, 3.05) is 47.5 Å². The number of carboxylic acids is 1. The van der Waals surface area contributed by atoms with Crippen LogP contribution in [0.25, 0.3) is 0 Å². The molecule has 0 spiro atoms. The Morgan fingerprint density at radius 1 is 0.429 bits per heavy atom. The van der Waals surface area contributed by atoms with E-state index < -0.39 is 18.4 Å². The Balaban J connectivity index is 4.17. The minimum absolute atomic E-state index is 0.176. The van der Waals surface area contributed by atoms with Crippen molar-refractivity contribution in [3.63, 3.8) is 0 Å². The largest absolute Gasteiger partial charge is 0.477 e. The lowest BCUT2D eigenvalue weighted by atomic mass is 10.0. The van der Waals surface area contributed by atoms with E-state index in [-0.39, 0.29) is 38.2 Å². The van der Waals surface area contributed by atoms with Crippen LogP contribution in [0, 0.1) is 0 Å². The summed E-state index contributed by atoms with van der Waals surface area (Å²) in [5.74, 6) is -1.98. The number of carbonyl (C=O) groups is 3. The first-order valence-corrected chi connectivity index (χ1v) is 30.0. The topological polar surface area (TPSA) is 108 Å². The highest BCUT2D eigenvalue weighted by Gasteiger charge is 2.25. The van der Waals surface area contributed by atoms with Crippen LogP contribution in [0.3, 0.4) is 0 Å². The number of likely N-dealkylation sites (N-methyl/N-ethyl adjacent to an activating group) is 1. The van der Waals surface area contributed by atoms with Crippen LogP contribution in [0.2, 0.25) is 0 Å². The van der Waals surface area contributed by atoms with Gasteiger partial charge in [-0.15, -0.1) is 0 Å². The molecule has 0 bridgehead atoms. The van der Waals surface area contributed by atoms with Crippen LogP contribution in [0.1, 0.15) is 290 Å². The summed E-state index contributed by atoms with van der Waals surface area (Å²) in [6.45, 7) is 4.92. The van der Waals surface area contributed by atoms with Crippen molar-refractivity contribution in [1.82, 2.24) is 0 Å². The number of esters is 2. The summed E-state index contributed by atoms with van der Waals surface area (Å²) >= 11 is 0. The molecule has 0 aromatic heterocycles. The number of hydrogen-bond acceptors (Lipinski definition) is 7. The molecule has 2 atom stereocenters. The highest BCUT2D eigenvalue weighted by atomic mass is 16.7. The van der Waals surface area contributed by atoms with E-state index in [4.69, 9.17) is 18.9 Å². The van der Waals surface area contributed by atoms with Crippen molar-refractivity contribution in [1.29, 1.82) is 0 Å². The Bertz CT molecular complexity index is 1200. The number of nitrogens with zero attached hydrogens (tertiary/aromatic N) is 1. The van der Waals surface area contributed by atoms with E-state index in [0.717, 1.165) is 44.9 Å². The SMILES string of the molecule is CCCCCCC/C=C\C/C=C\CCCCCCCCCCCCCCCCCC(=O)OC(COC(=O)CCCCCCCCCCCCCCCCCCCC)COC(OCC[N+](C)(C)C)C(=O)O. The number of carbonyl (C=O) groups excluding carboxylic acids is 2. The molecule has 0 aromatic carbocycles. The van der Waals surface area contributed by atoms with Gasteiger partial charge in [-0.25, -0.2) is 4.79 Å². The Hall–Kier alpha value is -2.23. The van der Waals surface area contributed by atoms with Crippen LogP contribution >= 0.6 is 0 Å². The van der Waals surface area contributed by atoms with Gasteiger partial charge in [-0.1, -0.05) is 256 Å². The molecule has 0 heterocycles. The lowest BCUT2D eigenvalue weighted by Gasteiger charge is -2.25. The number of allylic oxidation sites excluding steroid dienone is 4. The van der Waals surface area contributed by atoms with Gasteiger partial charge in [-0.3, -0.25) is 9.59 Å². The second kappa shape index (κ2) is 53.1. The predicted molar refractivity (Wildman–Crippen MR) is 295 cm³/mol. The lowest BCUT2D eigenvalue weighted by molar-refractivity contribution is -0.870. The van der Waals surface area contributed by atoms with Crippen LogP contribution < -0.4 is 0 Å². The van der Waals surface area contributed by atoms with Crippen molar-refractivity contribution in [2.45, 2.75) is 302 Å². The van der Waals surface area contributed by atoms with Crippen LogP contribution in [0.5, 0.6) is 0 Å². The Morgan fingerprint density at radius 3 is 1.13 bits per heavy atom. The first kappa shape index (κ1) is 67.8. The normalized spacial score (nSPS) is 12.9. The van der Waals surface area contributed by atoms with Crippen LogP contribution in [-0.2, 0) is 33.3 Å². The van der Waals surface area contributed by atoms with Crippen molar-refractivity contribution >= 4 is 17.9 Å². The summed E-state index contributed by atoms with van der Waals surface area (Å²) in [5, 5.41) is 9.70. The summed E-state index contributed by atoms with van der Waals surface area (Å²) < 4.78 is 22.9. The van der Waals surface area contributed by atoms with Crippen molar-refractivity contribution in [3.8, 4) is 0 Å². The van der Waals surface area contributed by atoms with Gasteiger partial charge in [0.2, 0.25) is 0 Å². The zero-order valence-corrected chi connectivity index (χ0v) is 47.0. The summed E-state index contributed by atoms with van der Waals surface area (Å²) in [6, 6.07) is 0. The standard InChI is InChI=1S/C61H115NO8/c1-6-8-10-12-14-16-18-20-22-24-26-27-28-29-30-31-32-33-34-36-38-40-42-44-46-48-50-52-59(64)70-57(56-69-61(60(65)66)67-54-53-62(3,4)5)55-68-58(63)51-49-47-45-43-41-39-37-35-25-23-21-19-17-15-13-11-9-7-2/h18,20,24,26,57,61H,6-17,19,21-23,25,27-56H2,1-5H3/p+1/b20-18-,26-24-. The van der Waals surface area contributed by atoms with Gasteiger partial charge in [0, 0.05) is 12.8 Å². The smallest absolute Gasteiger partial charge is 0.361 e. The molecule has 0 aliphatic rings. The van der Waals surface area contributed by atoms with Gasteiger partial charge >= 0.3 is 17.9 Å². The molecule has 0 aliphatic heterocycles. The van der Waals surface area contributed by atoms with E-state index >= 15 is 0 Å². The fourth-order valence-electron chi connectivity index (χ4n) is 8.81. The molecule has 0 rings (SSSR count). The van der Waals surface area contributed by atoms with E-state index in [0.29, 0.717) is 17.4 Å². The second-order valence-corrected chi connectivity index (χ2v) is 21.7. The van der Waals surface area contributed by atoms with Crippen LogP contribution in [-0.4, -0.2) is 87.4 Å². The second-order valence-electron chi connectivity index (χ2n) is 21.7. The maximum atomic E-state index is 12.9. The molecule has 0 aliphatic carbocycles. The minimum atomic E-state index is -1.51. The van der Waals surface area contributed by atoms with Gasteiger partial charge in [-0.05, 0) is 44.9 Å². The van der Waals surface area contributed by atoms with Crippen molar-refractivity contribution < 1.29 is 42.9 Å². The first-order valence-electron chi connectivity index (χ1n) is 30.0. The molecule has 0 saturated heterocycles. The Kier molecular flexibility index (Phi) is 51.4. The summed E-state index contributed by atoms with van der Waals surface area (Å²) in [7, 11) is 5.98. The molecule has 9 heteroatoms. The number of quaternary nitrogens is 1. The van der Waals surface area contributed by atoms with Gasteiger partial charge in [0.25, 0.3) is 6.29 Å². The molecule has 1 N–H and O–H groups in total. The summed E-state index contributed by atoms with van der Waals surface area (Å²) in [4.78, 5) is 37.4. The van der Waals surface area contributed by atoms with E-state index in [1.165, 1.54) is 218 Å². The number of carboxylic acid groups (broad SMARTS) is 1. The van der Waals surface area contributed by atoms with Gasteiger partial charge in [0.1, 0.15) is 13.2 Å². The Labute approximate surface area is 433 Å². The summed E-state index contributed by atoms with van der Waals surface area (Å²) in [6.07, 6.45) is 59.7. The average Bonchev–Trinajstić information content (AvgIpc) is 3.33. The molecule has 0 saturated carbocycles. The minimum Gasteiger partial charge on any atom is -0.477 e. The maximum absolute atomic E-state index is 12.9. The molecule has 0 radical (unpaired) electrons. The van der Waals surface area contributed by atoms with E-state index in [1.807, 2.05) is 21.1 Å². The van der Waals surface area contributed by atoms with Crippen molar-refractivity contribution in [2.24, 2.45) is 0 Å². The molecule has 412 valence electrons. The van der Waals surface area contributed by atoms with Gasteiger partial charge < -0.3 is 28.5 Å². The Morgan fingerprint density at radius 2 is 0.771 bits per heavy atom. The maximum Gasteiger partial charge on any atom is 0.361 e. The fraction of sp³-hybridized carbons (Fsp3) is 0.885. The molecule has 9 nitrogen and oxygen atoms in total. The third kappa shape index (κ3) is 53.6. The molecular formula is C61H116NO8+. The van der Waals surface area contributed by atoms with Crippen LogP contribution in [0.4, 0.5) is 0 Å². The molecule has 2 unspecified atom stereocenters. The zero-order valence-electron chi connectivity index (χ0n) is 47.0. The molecule has 0 amide bonds. The quantitative estimate of drug-likeness (QED) is 0.0211. The zero-order chi connectivity index (χ0) is 51.3. The van der Waals surface area contributed by atoms with Crippen LogP contribution in [0.15, 0.2) is 24.3 Å². The number of ether oxygens (including phenoxy) is 4. The van der Waals surface area contributed by atoms with E-state index in [9.17, 15) is 19.5 Å². The van der Waals surface area contributed by atoms with Crippen molar-refractivity contribution in [3.05, 3.63) is 24.3 Å². The highest BCUT2D eigenvalue weighted by Crippen LogP contribution is 2.17. The molecular weight excluding hydrogens is 875 g/mol. The number of unbranched alkanes of at least 4 members (excludes halogenated alkanes) is 37. The van der Waals surface area contributed by atoms with Gasteiger partial charge in [-0.2, -0.15) is 0 Å². The fourth-order valence-corrected chi connectivity index (χ4v) is 8.81. The lowest BCUT2D eigenvalue weighted by Crippen LogP contribution is -2.40. The van der Waals surface area contributed by atoms with E-state index in [1.54, 1.807) is 0 Å².